The molecule has 3 rings (SSSR count). The minimum atomic E-state index is -0.148. The van der Waals surface area contributed by atoms with Crippen molar-refractivity contribution < 1.29 is 9.53 Å². The third-order valence-electron chi connectivity index (χ3n) is 4.64. The van der Waals surface area contributed by atoms with Crippen LogP contribution in [0.15, 0.2) is 35.4 Å². The number of anilines is 2. The molecule has 2 N–H and O–H groups in total. The molecule has 0 aliphatic carbocycles. The fourth-order valence-corrected chi connectivity index (χ4v) is 3.80. The van der Waals surface area contributed by atoms with Gasteiger partial charge in [-0.25, -0.2) is 4.98 Å². The highest BCUT2D eigenvalue weighted by atomic mass is 32.1. The van der Waals surface area contributed by atoms with Crippen LogP contribution in [0.5, 0.6) is 5.75 Å². The van der Waals surface area contributed by atoms with Gasteiger partial charge in [-0.05, 0) is 75.6 Å². The van der Waals surface area contributed by atoms with Crippen LogP contribution in [0.3, 0.4) is 0 Å². The second-order valence-electron chi connectivity index (χ2n) is 6.78. The molecule has 29 heavy (non-hydrogen) atoms. The standard InChI is InChI=1S/C22H26N4O2S/c1-6-14(4)25-26-22-23-18-12-13(3)19(15(5)20(18)29-22)24-21(27)16-8-10-17(11-9-16)28-7-2/h8-12H,6-7H2,1-5H3,(H,23,26)(H,24,27)/b25-14-. The number of carbonyl (C=O) groups is 1. The largest absolute Gasteiger partial charge is 0.494 e. The molecule has 0 unspecified atom stereocenters. The minimum Gasteiger partial charge on any atom is -0.494 e. The zero-order valence-corrected chi connectivity index (χ0v) is 18.2. The fourth-order valence-electron chi connectivity index (χ4n) is 2.90. The molecule has 0 bridgehead atoms. The molecule has 1 heterocycles. The van der Waals surface area contributed by atoms with Gasteiger partial charge in [-0.1, -0.05) is 18.3 Å². The summed E-state index contributed by atoms with van der Waals surface area (Å²) in [5.41, 5.74) is 8.32. The lowest BCUT2D eigenvalue weighted by Crippen LogP contribution is -2.13. The number of aryl methyl sites for hydroxylation is 2. The van der Waals surface area contributed by atoms with Crippen LogP contribution in [0, 0.1) is 13.8 Å². The summed E-state index contributed by atoms with van der Waals surface area (Å²) in [4.78, 5) is 17.4. The molecular formula is C22H26N4O2S. The number of hydrazone groups is 1. The van der Waals surface area contributed by atoms with Crippen LogP contribution < -0.4 is 15.5 Å². The predicted molar refractivity (Wildman–Crippen MR) is 122 cm³/mol. The molecule has 1 aromatic heterocycles. The first-order chi connectivity index (χ1) is 13.9. The summed E-state index contributed by atoms with van der Waals surface area (Å²) in [6, 6.07) is 9.15. The van der Waals surface area contributed by atoms with Crippen LogP contribution in [0.4, 0.5) is 10.8 Å². The van der Waals surface area contributed by atoms with Crippen molar-refractivity contribution in [3.05, 3.63) is 47.0 Å². The first-order valence-electron chi connectivity index (χ1n) is 9.67. The maximum atomic E-state index is 12.7. The van der Waals surface area contributed by atoms with Crippen molar-refractivity contribution in [2.75, 3.05) is 17.3 Å². The molecule has 1 amide bonds. The average Bonchev–Trinajstić information content (AvgIpc) is 3.13. The first-order valence-corrected chi connectivity index (χ1v) is 10.5. The Kier molecular flexibility index (Phi) is 6.49. The van der Waals surface area contributed by atoms with E-state index in [0.29, 0.717) is 12.2 Å². The Morgan fingerprint density at radius 1 is 1.21 bits per heavy atom. The van der Waals surface area contributed by atoms with E-state index in [-0.39, 0.29) is 5.91 Å². The van der Waals surface area contributed by atoms with Gasteiger partial charge in [0.05, 0.1) is 16.8 Å². The van der Waals surface area contributed by atoms with E-state index in [2.05, 4.69) is 27.8 Å². The molecule has 0 fully saturated rings. The Balaban J connectivity index is 1.86. The summed E-state index contributed by atoms with van der Waals surface area (Å²) in [5.74, 6) is 0.605. The topological polar surface area (TPSA) is 75.6 Å². The van der Waals surface area contributed by atoms with Crippen molar-refractivity contribution in [1.82, 2.24) is 4.98 Å². The zero-order valence-electron chi connectivity index (χ0n) is 17.4. The van der Waals surface area contributed by atoms with Crippen molar-refractivity contribution in [2.45, 2.75) is 41.0 Å². The molecule has 0 aliphatic heterocycles. The number of thiazole rings is 1. The maximum absolute atomic E-state index is 12.7. The lowest BCUT2D eigenvalue weighted by molar-refractivity contribution is 0.102. The summed E-state index contributed by atoms with van der Waals surface area (Å²) < 4.78 is 6.47. The quantitative estimate of drug-likeness (QED) is 0.383. The number of amides is 1. The molecule has 0 aliphatic rings. The van der Waals surface area contributed by atoms with E-state index < -0.39 is 0 Å². The van der Waals surface area contributed by atoms with Gasteiger partial charge in [0.25, 0.3) is 5.91 Å². The Bertz CT molecular complexity index is 1050. The third-order valence-corrected chi connectivity index (χ3v) is 5.73. The van der Waals surface area contributed by atoms with E-state index in [1.54, 1.807) is 24.3 Å². The van der Waals surface area contributed by atoms with Crippen LogP contribution in [-0.4, -0.2) is 23.2 Å². The van der Waals surface area contributed by atoms with Gasteiger partial charge in [0.2, 0.25) is 5.13 Å². The average molecular weight is 411 g/mol. The minimum absolute atomic E-state index is 0.148. The first kappa shape index (κ1) is 20.8. The highest BCUT2D eigenvalue weighted by Gasteiger charge is 2.15. The molecular weight excluding hydrogens is 384 g/mol. The van der Waals surface area contributed by atoms with E-state index in [0.717, 1.165) is 50.0 Å². The number of nitrogens with one attached hydrogen (secondary N) is 2. The highest BCUT2D eigenvalue weighted by Crippen LogP contribution is 2.35. The molecule has 6 nitrogen and oxygen atoms in total. The normalized spacial score (nSPS) is 11.6. The lowest BCUT2D eigenvalue weighted by atomic mass is 10.1. The van der Waals surface area contributed by atoms with Crippen LogP contribution >= 0.6 is 11.3 Å². The number of carbonyl (C=O) groups excluding carboxylic acids is 1. The monoisotopic (exact) mass is 410 g/mol. The van der Waals surface area contributed by atoms with Crippen LogP contribution in [0.1, 0.15) is 48.7 Å². The molecule has 0 spiro atoms. The van der Waals surface area contributed by atoms with Gasteiger partial charge in [0.1, 0.15) is 5.75 Å². The summed E-state index contributed by atoms with van der Waals surface area (Å²) in [6.07, 6.45) is 0.887. The molecule has 152 valence electrons. The maximum Gasteiger partial charge on any atom is 0.255 e. The van der Waals surface area contributed by atoms with Crippen molar-refractivity contribution in [1.29, 1.82) is 0 Å². The van der Waals surface area contributed by atoms with Gasteiger partial charge in [-0.3, -0.25) is 10.2 Å². The summed E-state index contributed by atoms with van der Waals surface area (Å²) >= 11 is 1.53. The fraction of sp³-hybridized carbons (Fsp3) is 0.318. The van der Waals surface area contributed by atoms with Crippen molar-refractivity contribution in [3.8, 4) is 5.75 Å². The second-order valence-corrected chi connectivity index (χ2v) is 7.78. The van der Waals surface area contributed by atoms with Crippen molar-refractivity contribution in [3.63, 3.8) is 0 Å². The highest BCUT2D eigenvalue weighted by molar-refractivity contribution is 7.22. The summed E-state index contributed by atoms with van der Waals surface area (Å²) in [6.45, 7) is 10.5. The SMILES string of the molecule is CCOc1ccc(C(=O)Nc2c(C)cc3nc(N/N=C(/C)CC)sc3c2C)cc1. The molecule has 2 aromatic carbocycles. The van der Waals surface area contributed by atoms with E-state index in [4.69, 9.17) is 4.74 Å². The van der Waals surface area contributed by atoms with Gasteiger partial charge < -0.3 is 10.1 Å². The van der Waals surface area contributed by atoms with Crippen LogP contribution in [0.2, 0.25) is 0 Å². The number of hydrogen-bond donors (Lipinski definition) is 2. The number of nitrogens with zero attached hydrogens (tertiary/aromatic N) is 2. The molecule has 7 heteroatoms. The molecule has 0 atom stereocenters. The molecule has 0 saturated heterocycles. The molecule has 0 radical (unpaired) electrons. The number of hydrogen-bond acceptors (Lipinski definition) is 6. The van der Waals surface area contributed by atoms with E-state index in [1.807, 2.05) is 33.8 Å². The van der Waals surface area contributed by atoms with E-state index in [9.17, 15) is 4.79 Å². The number of fused-ring (bicyclic) bond motifs is 1. The smallest absolute Gasteiger partial charge is 0.255 e. The predicted octanol–water partition coefficient (Wildman–Crippen LogP) is 5.76. The Labute approximate surface area is 175 Å². The Morgan fingerprint density at radius 3 is 2.59 bits per heavy atom. The van der Waals surface area contributed by atoms with Gasteiger partial charge in [-0.15, -0.1) is 0 Å². The molecule has 0 saturated carbocycles. The van der Waals surface area contributed by atoms with E-state index >= 15 is 0 Å². The van der Waals surface area contributed by atoms with Gasteiger partial charge in [-0.2, -0.15) is 5.10 Å². The zero-order chi connectivity index (χ0) is 21.0. The number of ether oxygens (including phenoxy) is 1. The van der Waals surface area contributed by atoms with Gasteiger partial charge in [0.15, 0.2) is 0 Å². The number of benzene rings is 2. The van der Waals surface area contributed by atoms with Crippen molar-refractivity contribution >= 4 is 44.0 Å². The third kappa shape index (κ3) is 4.74. The lowest BCUT2D eigenvalue weighted by Gasteiger charge is -2.12. The van der Waals surface area contributed by atoms with Gasteiger partial charge in [0, 0.05) is 17.0 Å². The Hall–Kier alpha value is -2.93. The van der Waals surface area contributed by atoms with Crippen LogP contribution in [-0.2, 0) is 0 Å². The number of aromatic nitrogens is 1. The Morgan fingerprint density at radius 2 is 1.93 bits per heavy atom. The van der Waals surface area contributed by atoms with Gasteiger partial charge >= 0.3 is 0 Å². The summed E-state index contributed by atoms with van der Waals surface area (Å²) in [7, 11) is 0. The summed E-state index contributed by atoms with van der Waals surface area (Å²) in [5, 5.41) is 8.12. The van der Waals surface area contributed by atoms with Crippen molar-refractivity contribution in [2.24, 2.45) is 5.10 Å². The number of rotatable bonds is 7. The second kappa shape index (κ2) is 9.05. The molecule has 3 aromatic rings. The van der Waals surface area contributed by atoms with Crippen LogP contribution in [0.25, 0.3) is 10.2 Å². The van der Waals surface area contributed by atoms with E-state index in [1.165, 1.54) is 11.3 Å².